The molecule has 2 saturated heterocycles. The van der Waals surface area contributed by atoms with Gasteiger partial charge in [0.15, 0.2) is 0 Å². The third kappa shape index (κ3) is 5.09. The fourth-order valence-corrected chi connectivity index (χ4v) is 5.92. The molecule has 2 N–H and O–H groups in total. The van der Waals surface area contributed by atoms with Gasteiger partial charge in [0.1, 0.15) is 12.1 Å². The summed E-state index contributed by atoms with van der Waals surface area (Å²) < 4.78 is 1.66. The highest BCUT2D eigenvalue weighted by atomic mass is 16.3. The highest BCUT2D eigenvalue weighted by Gasteiger charge is 2.45. The summed E-state index contributed by atoms with van der Waals surface area (Å²) in [6.07, 6.45) is 9.02. The van der Waals surface area contributed by atoms with Gasteiger partial charge < -0.3 is 20.2 Å². The number of rotatable bonds is 6. The number of nitrogens with one attached hydrogen (secondary N) is 1. The maximum Gasteiger partial charge on any atom is 0.248 e. The number of β-amino-alcohol motifs (C(OH)–C–C–N with tert-alkyl or cyclic N) is 1. The van der Waals surface area contributed by atoms with Gasteiger partial charge >= 0.3 is 0 Å². The Hall–Kier alpha value is -2.00. The number of aliphatic hydroxyl groups is 1. The predicted octanol–water partition coefficient (Wildman–Crippen LogP) is 1.38. The molecule has 3 atom stereocenters. The second kappa shape index (κ2) is 9.33. The lowest BCUT2D eigenvalue weighted by Gasteiger charge is -2.49. The number of amides is 2. The summed E-state index contributed by atoms with van der Waals surface area (Å²) in [6.45, 7) is 9.44. The van der Waals surface area contributed by atoms with E-state index in [1.54, 1.807) is 11.7 Å². The number of hydrogen-bond acceptors (Lipinski definition) is 6. The van der Waals surface area contributed by atoms with Crippen LogP contribution in [0.2, 0.25) is 0 Å². The van der Waals surface area contributed by atoms with Gasteiger partial charge in [0, 0.05) is 45.7 Å². The Labute approximate surface area is 196 Å². The van der Waals surface area contributed by atoms with E-state index in [1.807, 2.05) is 27.0 Å². The van der Waals surface area contributed by atoms with Crippen molar-refractivity contribution in [3.63, 3.8) is 0 Å². The molecule has 0 aromatic carbocycles. The number of aliphatic hydroxyl groups excluding tert-OH is 1. The third-order valence-electron chi connectivity index (χ3n) is 7.83. The summed E-state index contributed by atoms with van der Waals surface area (Å²) >= 11 is 0. The van der Waals surface area contributed by atoms with Gasteiger partial charge in [-0.3, -0.25) is 9.59 Å². The highest BCUT2D eigenvalue weighted by Crippen LogP contribution is 2.47. The maximum atomic E-state index is 13.6. The van der Waals surface area contributed by atoms with Gasteiger partial charge in [0.2, 0.25) is 11.8 Å². The van der Waals surface area contributed by atoms with Gasteiger partial charge in [-0.25, -0.2) is 4.68 Å². The average molecular weight is 461 g/mol. The highest BCUT2D eigenvalue weighted by molar-refractivity contribution is 5.90. The Morgan fingerprint density at radius 1 is 1.27 bits per heavy atom. The molecule has 33 heavy (non-hydrogen) atoms. The Morgan fingerprint density at radius 3 is 2.64 bits per heavy atom. The molecule has 3 fully saturated rings. The monoisotopic (exact) mass is 460 g/mol. The van der Waals surface area contributed by atoms with Gasteiger partial charge in [-0.1, -0.05) is 32.4 Å². The summed E-state index contributed by atoms with van der Waals surface area (Å²) in [4.78, 5) is 30.0. The number of nitrogens with zero attached hydrogens (tertiary/aromatic N) is 5. The lowest BCUT2D eigenvalue weighted by atomic mass is 9.64. The number of carbonyl (C=O) groups is 2. The van der Waals surface area contributed by atoms with Crippen LogP contribution in [0.15, 0.2) is 6.20 Å². The molecular weight excluding hydrogens is 420 g/mol. The zero-order valence-corrected chi connectivity index (χ0v) is 20.6. The summed E-state index contributed by atoms with van der Waals surface area (Å²) in [5.41, 5.74) is 1.02. The van der Waals surface area contributed by atoms with E-state index in [1.165, 1.54) is 43.5 Å². The third-order valence-corrected chi connectivity index (χ3v) is 7.83. The molecule has 0 unspecified atom stereocenters. The minimum absolute atomic E-state index is 0.155. The second-order valence-corrected chi connectivity index (χ2v) is 11.5. The van der Waals surface area contributed by atoms with E-state index >= 15 is 0 Å². The number of piperidine rings is 1. The van der Waals surface area contributed by atoms with E-state index < -0.39 is 23.6 Å². The molecular formula is C24H40N6O3. The van der Waals surface area contributed by atoms with Gasteiger partial charge in [0.05, 0.1) is 11.8 Å². The lowest BCUT2D eigenvalue weighted by Crippen LogP contribution is -2.49. The van der Waals surface area contributed by atoms with Crippen molar-refractivity contribution >= 4 is 11.8 Å². The molecule has 3 heterocycles. The molecule has 2 aliphatic heterocycles. The van der Waals surface area contributed by atoms with E-state index in [-0.39, 0.29) is 24.8 Å². The van der Waals surface area contributed by atoms with Gasteiger partial charge in [-0.2, -0.15) is 0 Å². The molecule has 0 radical (unpaired) electrons. The fourth-order valence-electron chi connectivity index (χ4n) is 5.92. The smallest absolute Gasteiger partial charge is 0.248 e. The number of carbonyl (C=O) groups excluding carboxylic acids is 2. The topological polar surface area (TPSA) is 104 Å². The molecule has 1 aromatic heterocycles. The Morgan fingerprint density at radius 2 is 2.00 bits per heavy atom. The standard InChI is InChI=1S/C24H40N6O3/c1-23(2,3)20(22(33)29-15-18(31)13-19(29)21(32)25-4)30-14-17(26-27-30)7-12-28-11-6-10-24(16-28)8-5-9-24/h14,18-20,31H,5-13,15-16H2,1-4H3,(H,25,32)/t18-,19+,20-/m1/s1. The first-order chi connectivity index (χ1) is 15.6. The minimum atomic E-state index is -0.702. The molecule has 4 rings (SSSR count). The number of likely N-dealkylation sites (tertiary alicyclic amines) is 2. The number of likely N-dealkylation sites (N-methyl/N-ethyl adjacent to an activating group) is 1. The molecule has 9 nitrogen and oxygen atoms in total. The summed E-state index contributed by atoms with van der Waals surface area (Å²) in [5.74, 6) is -0.454. The van der Waals surface area contributed by atoms with Crippen molar-refractivity contribution in [1.82, 2.24) is 30.1 Å². The number of hydrogen-bond donors (Lipinski definition) is 2. The SMILES string of the molecule is CNC(=O)[C@@H]1C[C@@H](O)CN1C(=O)[C@@H](n1cc(CCN2CCCC3(CCC3)C2)nn1)C(C)(C)C. The van der Waals surface area contributed by atoms with Crippen LogP contribution in [0.3, 0.4) is 0 Å². The van der Waals surface area contributed by atoms with Crippen molar-refractivity contribution in [3.8, 4) is 0 Å². The van der Waals surface area contributed by atoms with Crippen LogP contribution in [0.5, 0.6) is 0 Å². The summed E-state index contributed by atoms with van der Waals surface area (Å²) in [5, 5.41) is 21.5. The molecule has 1 spiro atoms. The zero-order chi connectivity index (χ0) is 23.8. The van der Waals surface area contributed by atoms with Gasteiger partial charge in [-0.15, -0.1) is 5.10 Å². The number of aromatic nitrogens is 3. The van der Waals surface area contributed by atoms with Crippen molar-refractivity contribution in [2.45, 2.75) is 83.9 Å². The molecule has 2 amide bonds. The molecule has 3 aliphatic rings. The van der Waals surface area contributed by atoms with Crippen LogP contribution in [0.4, 0.5) is 0 Å². The van der Waals surface area contributed by atoms with Crippen molar-refractivity contribution < 1.29 is 14.7 Å². The van der Waals surface area contributed by atoms with Crippen LogP contribution in [-0.4, -0.2) is 87.1 Å². The van der Waals surface area contributed by atoms with E-state index in [9.17, 15) is 14.7 Å². The lowest BCUT2D eigenvalue weighted by molar-refractivity contribution is -0.144. The van der Waals surface area contributed by atoms with E-state index in [4.69, 9.17) is 0 Å². The van der Waals surface area contributed by atoms with Crippen molar-refractivity contribution in [1.29, 1.82) is 0 Å². The van der Waals surface area contributed by atoms with Crippen LogP contribution < -0.4 is 5.32 Å². The van der Waals surface area contributed by atoms with Crippen LogP contribution in [0.1, 0.15) is 71.0 Å². The van der Waals surface area contributed by atoms with Crippen LogP contribution >= 0.6 is 0 Å². The zero-order valence-electron chi connectivity index (χ0n) is 20.6. The first kappa shape index (κ1) is 24.1. The van der Waals surface area contributed by atoms with Crippen molar-refractivity contribution in [2.75, 3.05) is 33.2 Å². The largest absolute Gasteiger partial charge is 0.391 e. The van der Waals surface area contributed by atoms with Crippen LogP contribution in [-0.2, 0) is 16.0 Å². The maximum absolute atomic E-state index is 13.6. The normalized spacial score (nSPS) is 26.3. The van der Waals surface area contributed by atoms with E-state index in [0.717, 1.165) is 25.2 Å². The van der Waals surface area contributed by atoms with Crippen LogP contribution in [0.25, 0.3) is 0 Å². The first-order valence-corrected chi connectivity index (χ1v) is 12.5. The Kier molecular flexibility index (Phi) is 6.82. The molecule has 0 bridgehead atoms. The second-order valence-electron chi connectivity index (χ2n) is 11.5. The average Bonchev–Trinajstić information content (AvgIpc) is 3.36. The molecule has 1 saturated carbocycles. The first-order valence-electron chi connectivity index (χ1n) is 12.5. The minimum Gasteiger partial charge on any atom is -0.391 e. The van der Waals surface area contributed by atoms with E-state index in [0.29, 0.717) is 5.41 Å². The Bertz CT molecular complexity index is 859. The molecule has 184 valence electrons. The van der Waals surface area contributed by atoms with Gasteiger partial charge in [0.25, 0.3) is 0 Å². The van der Waals surface area contributed by atoms with Crippen molar-refractivity contribution in [2.24, 2.45) is 10.8 Å². The molecule has 9 heteroatoms. The summed E-state index contributed by atoms with van der Waals surface area (Å²) in [7, 11) is 1.55. The Balaban J connectivity index is 1.45. The fraction of sp³-hybridized carbons (Fsp3) is 0.833. The van der Waals surface area contributed by atoms with Crippen molar-refractivity contribution in [3.05, 3.63) is 11.9 Å². The summed E-state index contributed by atoms with van der Waals surface area (Å²) in [6, 6.07) is -1.27. The predicted molar refractivity (Wildman–Crippen MR) is 124 cm³/mol. The van der Waals surface area contributed by atoms with Crippen LogP contribution in [0, 0.1) is 10.8 Å². The van der Waals surface area contributed by atoms with Gasteiger partial charge in [-0.05, 0) is 43.1 Å². The molecule has 1 aliphatic carbocycles. The quantitative estimate of drug-likeness (QED) is 0.665. The molecule has 1 aromatic rings. The van der Waals surface area contributed by atoms with E-state index in [2.05, 4.69) is 20.5 Å².